The first-order valence-electron chi connectivity index (χ1n) is 10.5. The van der Waals surface area contributed by atoms with Crippen LogP contribution in [0.5, 0.6) is 5.75 Å². The number of pyridine rings is 1. The summed E-state index contributed by atoms with van der Waals surface area (Å²) in [6, 6.07) is 13.2. The lowest BCUT2D eigenvalue weighted by atomic mass is 9.95. The van der Waals surface area contributed by atoms with Gasteiger partial charge in [0.05, 0.1) is 0 Å². The number of piperidine rings is 1. The molecule has 1 aromatic carbocycles. The number of fused-ring (bicyclic) bond motifs is 1. The van der Waals surface area contributed by atoms with E-state index in [1.807, 2.05) is 75.8 Å². The number of ether oxygens (including phenoxy) is 1. The van der Waals surface area contributed by atoms with Crippen molar-refractivity contribution in [2.45, 2.75) is 25.4 Å². The minimum Gasteiger partial charge on any atom is -0.486 e. The Labute approximate surface area is 180 Å². The largest absolute Gasteiger partial charge is 0.486 e. The van der Waals surface area contributed by atoms with Crippen molar-refractivity contribution in [3.63, 3.8) is 0 Å². The van der Waals surface area contributed by atoms with Gasteiger partial charge in [0, 0.05) is 50.2 Å². The molecule has 5 rings (SSSR count). The maximum absolute atomic E-state index is 12.9. The molecule has 1 amide bonds. The molecule has 1 fully saturated rings. The number of aryl methyl sites for hydroxylation is 1. The third kappa shape index (κ3) is 3.88. The lowest BCUT2D eigenvalue weighted by Crippen LogP contribution is -2.38. The van der Waals surface area contributed by atoms with Crippen LogP contribution in [0, 0.1) is 0 Å². The number of amides is 1. The number of benzene rings is 1. The molecule has 8 heteroatoms. The van der Waals surface area contributed by atoms with Crippen molar-refractivity contribution in [2.24, 2.45) is 7.05 Å². The smallest absolute Gasteiger partial charge is 0.253 e. The number of aromatic nitrogens is 5. The number of carbonyl (C=O) groups excluding carboxylic acids is 1. The predicted octanol–water partition coefficient (Wildman–Crippen LogP) is 3.06. The van der Waals surface area contributed by atoms with Crippen LogP contribution in [-0.2, 0) is 13.7 Å². The summed E-state index contributed by atoms with van der Waals surface area (Å²) in [5, 5.41) is 8.64. The van der Waals surface area contributed by atoms with Crippen molar-refractivity contribution in [1.29, 1.82) is 0 Å². The molecule has 0 aliphatic carbocycles. The van der Waals surface area contributed by atoms with Crippen molar-refractivity contribution in [2.75, 3.05) is 13.1 Å². The summed E-state index contributed by atoms with van der Waals surface area (Å²) in [5.74, 6) is 2.92. The number of hydrogen-bond donors (Lipinski definition) is 0. The zero-order chi connectivity index (χ0) is 21.2. The Hall–Kier alpha value is -3.68. The van der Waals surface area contributed by atoms with E-state index in [2.05, 4.69) is 15.2 Å². The van der Waals surface area contributed by atoms with Gasteiger partial charge in [0.1, 0.15) is 24.0 Å². The van der Waals surface area contributed by atoms with Gasteiger partial charge < -0.3 is 14.2 Å². The van der Waals surface area contributed by atoms with E-state index in [9.17, 15) is 4.79 Å². The number of rotatable bonds is 5. The molecule has 0 unspecified atom stereocenters. The van der Waals surface area contributed by atoms with Crippen molar-refractivity contribution in [3.05, 3.63) is 78.3 Å². The molecule has 1 aliphatic rings. The summed E-state index contributed by atoms with van der Waals surface area (Å²) >= 11 is 0. The third-order valence-electron chi connectivity index (χ3n) is 5.88. The molecular weight excluding hydrogens is 392 g/mol. The molecule has 0 saturated carbocycles. The highest BCUT2D eigenvalue weighted by molar-refractivity contribution is 5.94. The fraction of sp³-hybridized carbons (Fsp3) is 0.304. The lowest BCUT2D eigenvalue weighted by Gasteiger charge is -2.31. The zero-order valence-corrected chi connectivity index (χ0v) is 17.4. The summed E-state index contributed by atoms with van der Waals surface area (Å²) in [6.07, 6.45) is 7.39. The standard InChI is InChI=1S/C23H24N6O2/c1-27-15-11-24-21(27)16-31-19-7-5-18(6-8-19)23(30)28-13-9-17(10-14-28)22-26-25-20-4-2-3-12-29(20)22/h2-8,11-12,15,17H,9-10,13-14,16H2,1H3. The quantitative estimate of drug-likeness (QED) is 0.500. The third-order valence-corrected chi connectivity index (χ3v) is 5.88. The van der Waals surface area contributed by atoms with Crippen molar-refractivity contribution in [1.82, 2.24) is 29.0 Å². The second-order valence-electron chi connectivity index (χ2n) is 7.82. The molecule has 8 nitrogen and oxygen atoms in total. The Morgan fingerprint density at radius 2 is 1.87 bits per heavy atom. The van der Waals surface area contributed by atoms with Gasteiger partial charge in [-0.1, -0.05) is 6.07 Å². The average Bonchev–Trinajstić information content (AvgIpc) is 3.44. The summed E-state index contributed by atoms with van der Waals surface area (Å²) in [5.41, 5.74) is 1.54. The van der Waals surface area contributed by atoms with Gasteiger partial charge in [0.25, 0.3) is 5.91 Å². The van der Waals surface area contributed by atoms with E-state index in [1.165, 1.54) is 0 Å². The van der Waals surface area contributed by atoms with Crippen LogP contribution >= 0.6 is 0 Å². The Kier molecular flexibility index (Phi) is 5.11. The maximum Gasteiger partial charge on any atom is 0.253 e. The predicted molar refractivity (Wildman–Crippen MR) is 115 cm³/mol. The number of nitrogens with zero attached hydrogens (tertiary/aromatic N) is 6. The van der Waals surface area contributed by atoms with Crippen molar-refractivity contribution >= 4 is 11.6 Å². The van der Waals surface area contributed by atoms with E-state index in [4.69, 9.17) is 4.74 Å². The topological polar surface area (TPSA) is 77.6 Å². The molecule has 0 radical (unpaired) electrons. The van der Waals surface area contributed by atoms with Gasteiger partial charge in [-0.25, -0.2) is 4.98 Å². The summed E-state index contributed by atoms with van der Waals surface area (Å²) in [7, 11) is 1.93. The molecule has 1 aliphatic heterocycles. The first kappa shape index (κ1) is 19.3. The molecule has 158 valence electrons. The summed E-state index contributed by atoms with van der Waals surface area (Å²) in [6.45, 7) is 1.81. The zero-order valence-electron chi connectivity index (χ0n) is 17.4. The fourth-order valence-corrected chi connectivity index (χ4v) is 4.04. The van der Waals surface area contributed by atoms with Crippen LogP contribution in [0.3, 0.4) is 0 Å². The normalized spacial score (nSPS) is 14.8. The molecule has 0 bridgehead atoms. The lowest BCUT2D eigenvalue weighted by molar-refractivity contribution is 0.0711. The highest BCUT2D eigenvalue weighted by Crippen LogP contribution is 2.28. The van der Waals surface area contributed by atoms with Crippen LogP contribution in [0.25, 0.3) is 5.65 Å². The van der Waals surface area contributed by atoms with Gasteiger partial charge in [-0.3, -0.25) is 9.20 Å². The van der Waals surface area contributed by atoms with Gasteiger partial charge >= 0.3 is 0 Å². The molecule has 4 heterocycles. The minimum absolute atomic E-state index is 0.0557. The first-order valence-corrected chi connectivity index (χ1v) is 10.5. The van der Waals surface area contributed by atoms with Gasteiger partial charge in [-0.05, 0) is 49.2 Å². The molecule has 3 aromatic heterocycles. The van der Waals surface area contributed by atoms with E-state index in [1.54, 1.807) is 6.20 Å². The Morgan fingerprint density at radius 1 is 1.06 bits per heavy atom. The van der Waals surface area contributed by atoms with Crippen LogP contribution < -0.4 is 4.74 Å². The Balaban J connectivity index is 1.19. The molecule has 0 atom stereocenters. The van der Waals surface area contributed by atoms with Crippen LogP contribution in [0.4, 0.5) is 0 Å². The maximum atomic E-state index is 12.9. The molecule has 1 saturated heterocycles. The van der Waals surface area contributed by atoms with E-state index in [0.717, 1.165) is 35.9 Å². The number of hydrogen-bond acceptors (Lipinski definition) is 5. The number of likely N-dealkylation sites (tertiary alicyclic amines) is 1. The van der Waals surface area contributed by atoms with E-state index in [-0.39, 0.29) is 5.91 Å². The van der Waals surface area contributed by atoms with Gasteiger partial charge in [-0.2, -0.15) is 0 Å². The second kappa shape index (κ2) is 8.22. The SMILES string of the molecule is Cn1ccnc1COc1ccc(C(=O)N2CCC(c3nnc4ccccn34)CC2)cc1. The van der Waals surface area contributed by atoms with Crippen molar-refractivity contribution < 1.29 is 9.53 Å². The Bertz CT molecular complexity index is 1190. The van der Waals surface area contributed by atoms with Crippen molar-refractivity contribution in [3.8, 4) is 5.75 Å². The molecule has 31 heavy (non-hydrogen) atoms. The van der Waals surface area contributed by atoms with Crippen LogP contribution in [0.15, 0.2) is 61.1 Å². The second-order valence-corrected chi connectivity index (χ2v) is 7.82. The van der Waals surface area contributed by atoms with E-state index < -0.39 is 0 Å². The summed E-state index contributed by atoms with van der Waals surface area (Å²) in [4.78, 5) is 19.1. The Morgan fingerprint density at radius 3 is 2.61 bits per heavy atom. The molecule has 4 aromatic rings. The fourth-order valence-electron chi connectivity index (χ4n) is 4.04. The van der Waals surface area contributed by atoms with Crippen LogP contribution in [-0.4, -0.2) is 48.0 Å². The van der Waals surface area contributed by atoms with Gasteiger partial charge in [0.2, 0.25) is 0 Å². The highest BCUT2D eigenvalue weighted by atomic mass is 16.5. The van der Waals surface area contributed by atoms with E-state index >= 15 is 0 Å². The van der Waals surface area contributed by atoms with Crippen LogP contribution in [0.2, 0.25) is 0 Å². The van der Waals surface area contributed by atoms with Crippen LogP contribution in [0.1, 0.15) is 40.8 Å². The summed E-state index contributed by atoms with van der Waals surface area (Å²) < 4.78 is 9.75. The molecule has 0 N–H and O–H groups in total. The molecular formula is C23H24N6O2. The first-order chi connectivity index (χ1) is 15.2. The average molecular weight is 416 g/mol. The van der Waals surface area contributed by atoms with E-state index in [0.29, 0.717) is 31.2 Å². The number of imidazole rings is 1. The van der Waals surface area contributed by atoms with Gasteiger partial charge in [-0.15, -0.1) is 10.2 Å². The highest BCUT2D eigenvalue weighted by Gasteiger charge is 2.27. The minimum atomic E-state index is 0.0557. The number of carbonyl (C=O) groups is 1. The molecule has 0 spiro atoms. The van der Waals surface area contributed by atoms with Gasteiger partial charge in [0.15, 0.2) is 5.65 Å². The monoisotopic (exact) mass is 416 g/mol.